The van der Waals surface area contributed by atoms with Gasteiger partial charge < -0.3 is 10.2 Å². The smallest absolute Gasteiger partial charge is 0.211 e. The SMILES string of the molecule is Cl.NCC(=O)c1ccco1. The van der Waals surface area contributed by atoms with Crippen LogP contribution in [0.3, 0.4) is 0 Å². The number of ketones is 1. The van der Waals surface area contributed by atoms with Crippen LogP contribution in [0, 0.1) is 0 Å². The molecule has 0 amide bonds. The average Bonchev–Trinajstić information content (AvgIpc) is 2.37. The van der Waals surface area contributed by atoms with Crippen molar-refractivity contribution in [2.24, 2.45) is 5.73 Å². The van der Waals surface area contributed by atoms with Gasteiger partial charge in [-0.3, -0.25) is 4.79 Å². The molecule has 0 spiro atoms. The van der Waals surface area contributed by atoms with E-state index in [1.54, 1.807) is 12.1 Å². The molecule has 0 bridgehead atoms. The molecule has 0 atom stereocenters. The first-order chi connectivity index (χ1) is 4.34. The fourth-order valence-corrected chi connectivity index (χ4v) is 0.538. The van der Waals surface area contributed by atoms with Crippen LogP contribution in [0.4, 0.5) is 0 Å². The van der Waals surface area contributed by atoms with Crippen molar-refractivity contribution >= 4 is 18.2 Å². The zero-order chi connectivity index (χ0) is 6.69. The number of nitrogens with two attached hydrogens (primary N) is 1. The predicted octanol–water partition coefficient (Wildman–Crippen LogP) is 0.843. The highest BCUT2D eigenvalue weighted by molar-refractivity contribution is 5.94. The molecule has 0 radical (unpaired) electrons. The van der Waals surface area contributed by atoms with Crippen molar-refractivity contribution < 1.29 is 9.21 Å². The van der Waals surface area contributed by atoms with E-state index in [0.29, 0.717) is 5.76 Å². The average molecular weight is 162 g/mol. The second kappa shape index (κ2) is 4.09. The normalized spacial score (nSPS) is 8.50. The Labute approximate surface area is 64.6 Å². The van der Waals surface area contributed by atoms with Crippen LogP contribution in [0.25, 0.3) is 0 Å². The van der Waals surface area contributed by atoms with Crippen LogP contribution in [0.5, 0.6) is 0 Å². The first-order valence-electron chi connectivity index (χ1n) is 2.61. The maximum Gasteiger partial charge on any atom is 0.211 e. The molecule has 1 rings (SSSR count). The van der Waals surface area contributed by atoms with Crippen molar-refractivity contribution in [1.82, 2.24) is 0 Å². The van der Waals surface area contributed by atoms with Crippen molar-refractivity contribution in [1.29, 1.82) is 0 Å². The topological polar surface area (TPSA) is 56.2 Å². The van der Waals surface area contributed by atoms with E-state index in [4.69, 9.17) is 10.2 Å². The third-order valence-corrected chi connectivity index (χ3v) is 0.981. The van der Waals surface area contributed by atoms with Crippen LogP contribution in [0.1, 0.15) is 10.6 Å². The highest BCUT2D eigenvalue weighted by Gasteiger charge is 2.03. The van der Waals surface area contributed by atoms with Crippen molar-refractivity contribution in [2.75, 3.05) is 6.54 Å². The quantitative estimate of drug-likeness (QED) is 0.654. The van der Waals surface area contributed by atoms with E-state index in [9.17, 15) is 4.79 Å². The number of halogens is 1. The summed E-state index contributed by atoms with van der Waals surface area (Å²) in [5.41, 5.74) is 5.05. The van der Waals surface area contributed by atoms with Gasteiger partial charge >= 0.3 is 0 Å². The zero-order valence-electron chi connectivity index (χ0n) is 5.24. The Morgan fingerprint density at radius 2 is 2.40 bits per heavy atom. The molecule has 56 valence electrons. The predicted molar refractivity (Wildman–Crippen MR) is 39.3 cm³/mol. The second-order valence-corrected chi connectivity index (χ2v) is 1.60. The summed E-state index contributed by atoms with van der Waals surface area (Å²) in [6, 6.07) is 3.25. The molecule has 0 saturated heterocycles. The number of carbonyl (C=O) groups is 1. The van der Waals surface area contributed by atoms with Crippen LogP contribution >= 0.6 is 12.4 Å². The Kier molecular flexibility index (Phi) is 3.76. The molecule has 0 fully saturated rings. The monoisotopic (exact) mass is 161 g/mol. The molecule has 2 N–H and O–H groups in total. The molecule has 0 aliphatic heterocycles. The molecular weight excluding hydrogens is 154 g/mol. The van der Waals surface area contributed by atoms with Gasteiger partial charge in [0.05, 0.1) is 12.8 Å². The standard InChI is InChI=1S/C6H7NO2.ClH/c7-4-5(8)6-2-1-3-9-6;/h1-3H,4,7H2;1H. The minimum absolute atomic E-state index is 0. The zero-order valence-corrected chi connectivity index (χ0v) is 6.06. The lowest BCUT2D eigenvalue weighted by Gasteiger charge is -1.86. The van der Waals surface area contributed by atoms with Gasteiger partial charge in [-0.15, -0.1) is 12.4 Å². The summed E-state index contributed by atoms with van der Waals surface area (Å²) in [6.07, 6.45) is 1.45. The summed E-state index contributed by atoms with van der Waals surface area (Å²) in [5.74, 6) is 0.164. The maximum atomic E-state index is 10.7. The first-order valence-corrected chi connectivity index (χ1v) is 2.61. The lowest BCUT2D eigenvalue weighted by atomic mass is 10.3. The molecule has 1 aromatic rings. The van der Waals surface area contributed by atoms with E-state index >= 15 is 0 Å². The summed E-state index contributed by atoms with van der Waals surface area (Å²) < 4.78 is 4.76. The number of carbonyl (C=O) groups excluding carboxylic acids is 1. The van der Waals surface area contributed by atoms with Crippen LogP contribution < -0.4 is 5.73 Å². The maximum absolute atomic E-state index is 10.7. The van der Waals surface area contributed by atoms with Crippen LogP contribution in [0.15, 0.2) is 22.8 Å². The number of furan rings is 1. The highest BCUT2D eigenvalue weighted by Crippen LogP contribution is 1.98. The lowest BCUT2D eigenvalue weighted by molar-refractivity contribution is 0.0975. The van der Waals surface area contributed by atoms with Crippen LogP contribution in [-0.4, -0.2) is 12.3 Å². The van der Waals surface area contributed by atoms with Gasteiger partial charge in [-0.25, -0.2) is 0 Å². The second-order valence-electron chi connectivity index (χ2n) is 1.60. The van der Waals surface area contributed by atoms with Gasteiger partial charge in [0.15, 0.2) is 5.76 Å². The van der Waals surface area contributed by atoms with E-state index in [1.165, 1.54) is 6.26 Å². The van der Waals surface area contributed by atoms with E-state index in [2.05, 4.69) is 0 Å². The highest BCUT2D eigenvalue weighted by atomic mass is 35.5. The summed E-state index contributed by atoms with van der Waals surface area (Å²) >= 11 is 0. The van der Waals surface area contributed by atoms with Gasteiger partial charge in [-0.2, -0.15) is 0 Å². The molecule has 0 aliphatic carbocycles. The van der Waals surface area contributed by atoms with Crippen molar-refractivity contribution in [3.8, 4) is 0 Å². The van der Waals surface area contributed by atoms with E-state index in [-0.39, 0.29) is 24.7 Å². The third-order valence-electron chi connectivity index (χ3n) is 0.981. The van der Waals surface area contributed by atoms with E-state index < -0.39 is 0 Å². The Morgan fingerprint density at radius 3 is 2.80 bits per heavy atom. The molecule has 0 saturated carbocycles. The Morgan fingerprint density at radius 1 is 1.70 bits per heavy atom. The van der Waals surface area contributed by atoms with Crippen molar-refractivity contribution in [3.63, 3.8) is 0 Å². The summed E-state index contributed by atoms with van der Waals surface area (Å²) in [7, 11) is 0. The number of rotatable bonds is 2. The molecule has 10 heavy (non-hydrogen) atoms. The summed E-state index contributed by atoms with van der Waals surface area (Å²) in [6.45, 7) is 0.00745. The van der Waals surface area contributed by atoms with Gasteiger partial charge in [-0.1, -0.05) is 0 Å². The summed E-state index contributed by atoms with van der Waals surface area (Å²) in [4.78, 5) is 10.7. The number of hydrogen-bond donors (Lipinski definition) is 1. The van der Waals surface area contributed by atoms with E-state index in [1.807, 2.05) is 0 Å². The minimum Gasteiger partial charge on any atom is -0.461 e. The van der Waals surface area contributed by atoms with Crippen molar-refractivity contribution in [3.05, 3.63) is 24.2 Å². The molecular formula is C6H8ClNO2. The summed E-state index contributed by atoms with van der Waals surface area (Å²) in [5, 5.41) is 0. The molecule has 4 heteroatoms. The number of Topliss-reactive ketones (excluding diaryl/α,β-unsaturated/α-hetero) is 1. The largest absolute Gasteiger partial charge is 0.461 e. The van der Waals surface area contributed by atoms with Gasteiger partial charge in [0.2, 0.25) is 5.78 Å². The fourth-order valence-electron chi connectivity index (χ4n) is 0.538. The number of hydrogen-bond acceptors (Lipinski definition) is 3. The first kappa shape index (κ1) is 9.20. The van der Waals surface area contributed by atoms with Gasteiger partial charge in [0.1, 0.15) is 0 Å². The minimum atomic E-state index is -0.167. The van der Waals surface area contributed by atoms with Gasteiger partial charge in [-0.05, 0) is 12.1 Å². The van der Waals surface area contributed by atoms with Gasteiger partial charge in [0, 0.05) is 0 Å². The lowest BCUT2D eigenvalue weighted by Crippen LogP contribution is -2.12. The molecule has 1 aromatic heterocycles. The fraction of sp³-hybridized carbons (Fsp3) is 0.167. The van der Waals surface area contributed by atoms with Gasteiger partial charge in [0.25, 0.3) is 0 Å². The molecule has 0 aliphatic rings. The van der Waals surface area contributed by atoms with Crippen LogP contribution in [-0.2, 0) is 0 Å². The van der Waals surface area contributed by atoms with E-state index in [0.717, 1.165) is 0 Å². The molecule has 0 aromatic carbocycles. The van der Waals surface area contributed by atoms with Crippen molar-refractivity contribution in [2.45, 2.75) is 0 Å². The molecule has 0 unspecified atom stereocenters. The Bertz CT molecular complexity index is 196. The molecule has 3 nitrogen and oxygen atoms in total. The Balaban J connectivity index is 0.000000810. The van der Waals surface area contributed by atoms with Crippen LogP contribution in [0.2, 0.25) is 0 Å². The molecule has 1 heterocycles. The Hall–Kier alpha value is -0.800. The third kappa shape index (κ3) is 1.86.